The summed E-state index contributed by atoms with van der Waals surface area (Å²) in [5.41, 5.74) is 1.66. The Balaban J connectivity index is 2.42. The van der Waals surface area contributed by atoms with Crippen LogP contribution in [0.3, 0.4) is 0 Å². The predicted molar refractivity (Wildman–Crippen MR) is 61.3 cm³/mol. The first-order valence-electron chi connectivity index (χ1n) is 4.12. The van der Waals surface area contributed by atoms with Gasteiger partial charge in [0.05, 0.1) is 10.2 Å². The fourth-order valence-corrected chi connectivity index (χ4v) is 2.26. The second-order valence-corrected chi connectivity index (χ2v) is 4.48. The number of halogens is 1. The lowest BCUT2D eigenvalue weighted by atomic mass is 10.2. The van der Waals surface area contributed by atoms with Crippen molar-refractivity contribution in [2.75, 3.05) is 0 Å². The summed E-state index contributed by atoms with van der Waals surface area (Å²) in [6, 6.07) is 5.48. The SMILES string of the molecule is O=C(O)C=Cc1ccc2nc(Cl)sc2c1. The van der Waals surface area contributed by atoms with Gasteiger partial charge in [-0.1, -0.05) is 17.7 Å². The van der Waals surface area contributed by atoms with E-state index < -0.39 is 5.97 Å². The van der Waals surface area contributed by atoms with E-state index in [-0.39, 0.29) is 0 Å². The highest BCUT2D eigenvalue weighted by Gasteiger charge is 2.01. The van der Waals surface area contributed by atoms with E-state index in [1.807, 2.05) is 12.1 Å². The Labute approximate surface area is 94.6 Å². The summed E-state index contributed by atoms with van der Waals surface area (Å²) in [4.78, 5) is 14.4. The van der Waals surface area contributed by atoms with Crippen LogP contribution in [0.25, 0.3) is 16.3 Å². The third-order valence-corrected chi connectivity index (χ3v) is 2.93. The van der Waals surface area contributed by atoms with Crippen LogP contribution < -0.4 is 0 Å². The Morgan fingerprint density at radius 3 is 3.07 bits per heavy atom. The molecule has 0 aliphatic carbocycles. The molecule has 3 nitrogen and oxygen atoms in total. The van der Waals surface area contributed by atoms with E-state index in [1.54, 1.807) is 6.07 Å². The molecular formula is C10H6ClNO2S. The maximum absolute atomic E-state index is 10.3. The maximum atomic E-state index is 10.3. The Morgan fingerprint density at radius 1 is 1.53 bits per heavy atom. The van der Waals surface area contributed by atoms with Crippen LogP contribution in [0.5, 0.6) is 0 Å². The average molecular weight is 240 g/mol. The highest BCUT2D eigenvalue weighted by atomic mass is 35.5. The molecule has 0 radical (unpaired) electrons. The van der Waals surface area contributed by atoms with Gasteiger partial charge in [0.25, 0.3) is 0 Å². The Bertz CT molecular complexity index is 547. The van der Waals surface area contributed by atoms with E-state index in [9.17, 15) is 4.79 Å². The number of aliphatic carboxylic acids is 1. The third kappa shape index (κ3) is 2.34. The van der Waals surface area contributed by atoms with Crippen molar-refractivity contribution in [3.63, 3.8) is 0 Å². The van der Waals surface area contributed by atoms with E-state index in [0.717, 1.165) is 21.9 Å². The number of thiazole rings is 1. The number of fused-ring (bicyclic) bond motifs is 1. The molecule has 0 atom stereocenters. The molecule has 0 spiro atoms. The van der Waals surface area contributed by atoms with E-state index >= 15 is 0 Å². The molecule has 0 saturated carbocycles. The number of hydrogen-bond acceptors (Lipinski definition) is 3. The fraction of sp³-hybridized carbons (Fsp3) is 0. The normalized spacial score (nSPS) is 11.3. The number of rotatable bonds is 2. The summed E-state index contributed by atoms with van der Waals surface area (Å²) >= 11 is 7.13. The molecule has 5 heteroatoms. The van der Waals surface area contributed by atoms with Crippen LogP contribution in [0.4, 0.5) is 0 Å². The smallest absolute Gasteiger partial charge is 0.328 e. The third-order valence-electron chi connectivity index (χ3n) is 1.80. The zero-order valence-electron chi connectivity index (χ0n) is 7.48. The fourth-order valence-electron chi connectivity index (χ4n) is 1.18. The summed E-state index contributed by atoms with van der Waals surface area (Å²) < 4.78 is 1.44. The van der Waals surface area contributed by atoms with Gasteiger partial charge in [-0.05, 0) is 23.8 Å². The van der Waals surface area contributed by atoms with Gasteiger partial charge in [-0.15, -0.1) is 11.3 Å². The number of nitrogens with zero attached hydrogens (tertiary/aromatic N) is 1. The first-order valence-corrected chi connectivity index (χ1v) is 5.32. The number of carbonyl (C=O) groups is 1. The zero-order valence-corrected chi connectivity index (χ0v) is 9.05. The van der Waals surface area contributed by atoms with Gasteiger partial charge in [0.1, 0.15) is 0 Å². The number of carboxylic acid groups (broad SMARTS) is 1. The lowest BCUT2D eigenvalue weighted by Gasteiger charge is -1.91. The van der Waals surface area contributed by atoms with Crippen LogP contribution in [0.2, 0.25) is 4.47 Å². The molecule has 2 rings (SSSR count). The molecule has 0 aliphatic heterocycles. The first kappa shape index (κ1) is 10.1. The van der Waals surface area contributed by atoms with Crippen LogP contribution in [-0.2, 0) is 4.79 Å². The molecule has 1 N–H and O–H groups in total. The molecule has 1 heterocycles. The van der Waals surface area contributed by atoms with E-state index in [4.69, 9.17) is 16.7 Å². The minimum absolute atomic E-state index is 0.490. The average Bonchev–Trinajstić information content (AvgIpc) is 2.53. The molecular weight excluding hydrogens is 234 g/mol. The topological polar surface area (TPSA) is 50.2 Å². The van der Waals surface area contributed by atoms with Crippen LogP contribution in [0.1, 0.15) is 5.56 Å². The number of carboxylic acids is 1. The number of hydrogen-bond donors (Lipinski definition) is 1. The van der Waals surface area contributed by atoms with Gasteiger partial charge < -0.3 is 5.11 Å². The van der Waals surface area contributed by atoms with Crippen molar-refractivity contribution >= 4 is 45.2 Å². The van der Waals surface area contributed by atoms with Crippen LogP contribution in [0, 0.1) is 0 Å². The van der Waals surface area contributed by atoms with E-state index in [1.165, 1.54) is 17.4 Å². The second-order valence-electron chi connectivity index (χ2n) is 2.87. The van der Waals surface area contributed by atoms with E-state index in [0.29, 0.717) is 4.47 Å². The highest BCUT2D eigenvalue weighted by Crippen LogP contribution is 2.26. The zero-order chi connectivity index (χ0) is 10.8. The van der Waals surface area contributed by atoms with Crippen molar-refractivity contribution < 1.29 is 9.90 Å². The maximum Gasteiger partial charge on any atom is 0.328 e. The monoisotopic (exact) mass is 239 g/mol. The summed E-state index contributed by atoms with van der Waals surface area (Å²) in [7, 11) is 0. The molecule has 1 aromatic carbocycles. The quantitative estimate of drug-likeness (QED) is 0.820. The second kappa shape index (κ2) is 4.00. The van der Waals surface area contributed by atoms with Crippen LogP contribution in [0.15, 0.2) is 24.3 Å². The molecule has 1 aromatic heterocycles. The van der Waals surface area contributed by atoms with Crippen molar-refractivity contribution in [2.24, 2.45) is 0 Å². The van der Waals surface area contributed by atoms with Gasteiger partial charge in [-0.3, -0.25) is 0 Å². The van der Waals surface area contributed by atoms with Crippen molar-refractivity contribution in [2.45, 2.75) is 0 Å². The Hall–Kier alpha value is -1.39. The van der Waals surface area contributed by atoms with Gasteiger partial charge >= 0.3 is 5.97 Å². The molecule has 0 aliphatic rings. The van der Waals surface area contributed by atoms with Gasteiger partial charge in [0.15, 0.2) is 4.47 Å². The summed E-state index contributed by atoms with van der Waals surface area (Å²) in [5.74, 6) is -0.961. The van der Waals surface area contributed by atoms with E-state index in [2.05, 4.69) is 4.98 Å². The summed E-state index contributed by atoms with van der Waals surface area (Å²) in [6.07, 6.45) is 2.64. The lowest BCUT2D eigenvalue weighted by molar-refractivity contribution is -0.131. The van der Waals surface area contributed by atoms with Crippen molar-refractivity contribution in [3.05, 3.63) is 34.3 Å². The van der Waals surface area contributed by atoms with Gasteiger partial charge in [0, 0.05) is 6.08 Å². The minimum atomic E-state index is -0.961. The van der Waals surface area contributed by atoms with Gasteiger partial charge in [0.2, 0.25) is 0 Å². The molecule has 76 valence electrons. The van der Waals surface area contributed by atoms with Crippen LogP contribution >= 0.6 is 22.9 Å². The Morgan fingerprint density at radius 2 is 2.33 bits per heavy atom. The van der Waals surface area contributed by atoms with Crippen LogP contribution in [-0.4, -0.2) is 16.1 Å². The highest BCUT2D eigenvalue weighted by molar-refractivity contribution is 7.22. The Kier molecular flexibility index (Phi) is 2.70. The number of aromatic nitrogens is 1. The molecule has 0 saturated heterocycles. The van der Waals surface area contributed by atoms with Gasteiger partial charge in [-0.2, -0.15) is 0 Å². The molecule has 15 heavy (non-hydrogen) atoms. The van der Waals surface area contributed by atoms with Crippen molar-refractivity contribution in [3.8, 4) is 0 Å². The largest absolute Gasteiger partial charge is 0.478 e. The first-order chi connectivity index (χ1) is 7.15. The number of benzene rings is 1. The minimum Gasteiger partial charge on any atom is -0.478 e. The lowest BCUT2D eigenvalue weighted by Crippen LogP contribution is -1.85. The molecule has 0 bridgehead atoms. The summed E-state index contributed by atoms with van der Waals surface area (Å²) in [5, 5.41) is 8.47. The summed E-state index contributed by atoms with van der Waals surface area (Å²) in [6.45, 7) is 0. The van der Waals surface area contributed by atoms with Crippen molar-refractivity contribution in [1.29, 1.82) is 0 Å². The predicted octanol–water partition coefficient (Wildman–Crippen LogP) is 3.05. The molecule has 0 amide bonds. The molecule has 0 fully saturated rings. The standard InChI is InChI=1S/C10H6ClNO2S/c11-10-12-7-3-1-6(2-4-9(13)14)5-8(7)15-10/h1-5H,(H,13,14). The molecule has 0 unspecified atom stereocenters. The van der Waals surface area contributed by atoms with Crippen molar-refractivity contribution in [1.82, 2.24) is 4.98 Å². The molecule has 2 aromatic rings. The van der Waals surface area contributed by atoms with Gasteiger partial charge in [-0.25, -0.2) is 9.78 Å².